The fraction of sp³-hybridized carbons (Fsp3) is 0.265. The van der Waals surface area contributed by atoms with Crippen molar-refractivity contribution in [1.29, 1.82) is 0 Å². The summed E-state index contributed by atoms with van der Waals surface area (Å²) in [5.74, 6) is -0.112. The molecule has 0 fully saturated rings. The third kappa shape index (κ3) is 6.12. The van der Waals surface area contributed by atoms with Crippen molar-refractivity contribution in [2.75, 3.05) is 18.1 Å². The number of hydrogen-bond donors (Lipinski definition) is 1. The minimum atomic E-state index is -0.981. The molecule has 1 aliphatic rings. The molecule has 6 rings (SSSR count). The van der Waals surface area contributed by atoms with E-state index in [2.05, 4.69) is 39.4 Å². The van der Waals surface area contributed by atoms with E-state index in [-0.39, 0.29) is 10.7 Å². The highest BCUT2D eigenvalue weighted by Gasteiger charge is 2.47. The van der Waals surface area contributed by atoms with Gasteiger partial charge in [-0.15, -0.1) is 21.5 Å². The Bertz CT molecular complexity index is 1960. The maximum atomic E-state index is 14.1. The first-order chi connectivity index (χ1) is 22.3. The topological polar surface area (TPSA) is 115 Å². The number of carbonyl (C=O) groups excluding carboxylic acids is 2. The molecule has 12 heteroatoms. The van der Waals surface area contributed by atoms with Crippen molar-refractivity contribution in [2.45, 2.75) is 50.3 Å². The Morgan fingerprint density at radius 3 is 2.57 bits per heavy atom. The van der Waals surface area contributed by atoms with Gasteiger partial charge in [0.1, 0.15) is 0 Å². The number of thiazole rings is 1. The van der Waals surface area contributed by atoms with Crippen LogP contribution in [0.1, 0.15) is 57.8 Å². The van der Waals surface area contributed by atoms with E-state index in [0.29, 0.717) is 55.9 Å². The predicted molar refractivity (Wildman–Crippen MR) is 183 cm³/mol. The average Bonchev–Trinajstić information content (AvgIpc) is 3.74. The number of ether oxygens (including phenoxy) is 2. The first kappa shape index (κ1) is 31.7. The standard InChI is InChI=1S/C34H32N4O5S3/c1-5-16-43-25-15-14-22(17-26(25)42-6-2)28-27(29(39)31-19(3)35-20(4)45-31)30(40)32(41)38(28)33-36-37-34(46-33)44-18-23-12-9-11-21-10-7-8-13-24(21)23/h7-15,17,28,40H,5-6,16,18H2,1-4H3. The average molecular weight is 673 g/mol. The molecule has 1 aliphatic heterocycles. The Hall–Kier alpha value is -4.26. The molecular weight excluding hydrogens is 641 g/mol. The summed E-state index contributed by atoms with van der Waals surface area (Å²) in [7, 11) is 0. The summed E-state index contributed by atoms with van der Waals surface area (Å²) in [5, 5.41) is 23.4. The third-order valence-electron chi connectivity index (χ3n) is 7.44. The fourth-order valence-corrected chi connectivity index (χ4v) is 8.17. The lowest BCUT2D eigenvalue weighted by Crippen LogP contribution is -2.31. The van der Waals surface area contributed by atoms with Gasteiger partial charge in [0.25, 0.3) is 5.91 Å². The first-order valence-corrected chi connectivity index (χ1v) is 17.5. The van der Waals surface area contributed by atoms with Crippen LogP contribution in [0.4, 0.5) is 5.13 Å². The zero-order chi connectivity index (χ0) is 32.4. The first-order valence-electron chi connectivity index (χ1n) is 14.9. The van der Waals surface area contributed by atoms with Crippen LogP contribution in [0.25, 0.3) is 10.8 Å². The lowest BCUT2D eigenvalue weighted by Gasteiger charge is -2.25. The van der Waals surface area contributed by atoms with Crippen LogP contribution in [0, 0.1) is 13.8 Å². The number of fused-ring (bicyclic) bond motifs is 1. The van der Waals surface area contributed by atoms with Gasteiger partial charge in [0.05, 0.1) is 40.4 Å². The summed E-state index contributed by atoms with van der Waals surface area (Å²) in [5.41, 5.74) is 2.22. The van der Waals surface area contributed by atoms with Gasteiger partial charge in [0.2, 0.25) is 10.9 Å². The molecule has 1 unspecified atom stereocenters. The molecule has 5 aromatic rings. The number of carbonyl (C=O) groups is 2. The van der Waals surface area contributed by atoms with Crippen LogP contribution < -0.4 is 14.4 Å². The number of thioether (sulfide) groups is 1. The lowest BCUT2D eigenvalue weighted by molar-refractivity contribution is -0.117. The number of Topliss-reactive ketones (excluding diaryl/α,β-unsaturated/α-hetero) is 1. The fourth-order valence-electron chi connectivity index (χ4n) is 5.42. The number of aryl methyl sites for hydroxylation is 2. The smallest absolute Gasteiger partial charge is 0.296 e. The highest BCUT2D eigenvalue weighted by atomic mass is 32.2. The van der Waals surface area contributed by atoms with Crippen LogP contribution in [0.15, 0.2) is 76.3 Å². The van der Waals surface area contributed by atoms with Gasteiger partial charge in [-0.1, -0.05) is 78.6 Å². The molecular formula is C34H32N4O5S3. The quantitative estimate of drug-likeness (QED) is 0.0799. The van der Waals surface area contributed by atoms with E-state index < -0.39 is 23.5 Å². The second-order valence-electron chi connectivity index (χ2n) is 10.6. The Kier molecular flexibility index (Phi) is 9.39. The largest absolute Gasteiger partial charge is 0.503 e. The lowest BCUT2D eigenvalue weighted by atomic mass is 9.95. The summed E-state index contributed by atoms with van der Waals surface area (Å²) in [6, 6.07) is 18.7. The van der Waals surface area contributed by atoms with Crippen molar-refractivity contribution in [3.05, 3.63) is 98.7 Å². The summed E-state index contributed by atoms with van der Waals surface area (Å²) in [6.07, 6.45) is 0.818. The van der Waals surface area contributed by atoms with E-state index in [1.165, 1.54) is 44.7 Å². The highest BCUT2D eigenvalue weighted by Crippen LogP contribution is 2.46. The van der Waals surface area contributed by atoms with Gasteiger partial charge in [0.15, 0.2) is 21.6 Å². The van der Waals surface area contributed by atoms with Gasteiger partial charge < -0.3 is 14.6 Å². The molecule has 1 N–H and O–H groups in total. The highest BCUT2D eigenvalue weighted by molar-refractivity contribution is 8.00. The van der Waals surface area contributed by atoms with Crippen LogP contribution in [0.5, 0.6) is 11.5 Å². The molecule has 3 heterocycles. The van der Waals surface area contributed by atoms with E-state index in [4.69, 9.17) is 9.47 Å². The van der Waals surface area contributed by atoms with E-state index in [1.54, 1.807) is 25.1 Å². The number of aromatic nitrogens is 3. The predicted octanol–water partition coefficient (Wildman–Crippen LogP) is 8.03. The Balaban J connectivity index is 1.38. The zero-order valence-electron chi connectivity index (χ0n) is 25.8. The number of aliphatic hydroxyl groups excluding tert-OH is 1. The van der Waals surface area contributed by atoms with E-state index in [0.717, 1.165) is 17.4 Å². The molecule has 1 atom stereocenters. The van der Waals surface area contributed by atoms with Gasteiger partial charge in [-0.3, -0.25) is 14.5 Å². The van der Waals surface area contributed by atoms with E-state index in [9.17, 15) is 14.7 Å². The number of rotatable bonds is 12. The molecule has 1 amide bonds. The number of aliphatic hydroxyl groups is 1. The van der Waals surface area contributed by atoms with Gasteiger partial charge in [0, 0.05) is 5.75 Å². The number of anilines is 1. The summed E-state index contributed by atoms with van der Waals surface area (Å²) < 4.78 is 12.5. The Morgan fingerprint density at radius 2 is 1.80 bits per heavy atom. The zero-order valence-corrected chi connectivity index (χ0v) is 28.2. The van der Waals surface area contributed by atoms with Crippen molar-refractivity contribution < 1.29 is 24.2 Å². The van der Waals surface area contributed by atoms with Crippen LogP contribution in [-0.2, 0) is 10.5 Å². The Labute approximate surface area is 278 Å². The number of amides is 1. The minimum Gasteiger partial charge on any atom is -0.503 e. The molecule has 0 bridgehead atoms. The molecule has 3 aromatic carbocycles. The molecule has 0 aliphatic carbocycles. The minimum absolute atomic E-state index is 0.0402. The van der Waals surface area contributed by atoms with Crippen LogP contribution in [0.2, 0.25) is 0 Å². The number of nitrogens with zero attached hydrogens (tertiary/aromatic N) is 4. The molecule has 0 saturated heterocycles. The van der Waals surface area contributed by atoms with Crippen molar-refractivity contribution in [1.82, 2.24) is 15.2 Å². The van der Waals surface area contributed by atoms with Crippen LogP contribution in [-0.4, -0.2) is 45.2 Å². The number of hydrogen-bond acceptors (Lipinski definition) is 11. The van der Waals surface area contributed by atoms with Crippen molar-refractivity contribution in [2.24, 2.45) is 0 Å². The normalized spacial score (nSPS) is 14.8. The van der Waals surface area contributed by atoms with Gasteiger partial charge in [-0.05, 0) is 61.2 Å². The molecule has 9 nitrogen and oxygen atoms in total. The van der Waals surface area contributed by atoms with Gasteiger partial charge >= 0.3 is 0 Å². The number of ketones is 1. The maximum Gasteiger partial charge on any atom is 0.296 e. The van der Waals surface area contributed by atoms with Gasteiger partial charge in [-0.25, -0.2) is 4.98 Å². The molecule has 0 spiro atoms. The molecule has 2 aromatic heterocycles. The van der Waals surface area contributed by atoms with Gasteiger partial charge in [-0.2, -0.15) is 0 Å². The van der Waals surface area contributed by atoms with Crippen molar-refractivity contribution >= 4 is 62.0 Å². The second kappa shape index (κ2) is 13.6. The Morgan fingerprint density at radius 1 is 1.00 bits per heavy atom. The summed E-state index contributed by atoms with van der Waals surface area (Å²) >= 11 is 3.98. The molecule has 236 valence electrons. The summed E-state index contributed by atoms with van der Waals surface area (Å²) in [4.78, 5) is 34.0. The SMILES string of the molecule is CCCOc1ccc(C2C(C(=O)c3sc(C)nc3C)=C(O)C(=O)N2c2nnc(SCc3cccc4ccccc34)s2)cc1OCC. The second-order valence-corrected chi connectivity index (χ2v) is 14.0. The van der Waals surface area contributed by atoms with Crippen LogP contribution >= 0.6 is 34.4 Å². The molecule has 46 heavy (non-hydrogen) atoms. The molecule has 0 saturated carbocycles. The van der Waals surface area contributed by atoms with Crippen LogP contribution in [0.3, 0.4) is 0 Å². The van der Waals surface area contributed by atoms with E-state index in [1.807, 2.05) is 39.0 Å². The summed E-state index contributed by atoms with van der Waals surface area (Å²) in [6.45, 7) is 8.34. The monoisotopic (exact) mass is 672 g/mol. The van der Waals surface area contributed by atoms with Crippen molar-refractivity contribution in [3.63, 3.8) is 0 Å². The third-order valence-corrected chi connectivity index (χ3v) is 10.6. The van der Waals surface area contributed by atoms with Crippen molar-refractivity contribution in [3.8, 4) is 11.5 Å². The number of benzene rings is 3. The van der Waals surface area contributed by atoms with E-state index >= 15 is 0 Å². The molecule has 0 radical (unpaired) electrons. The maximum absolute atomic E-state index is 14.1.